The van der Waals surface area contributed by atoms with E-state index in [2.05, 4.69) is 94.9 Å². The number of aliphatic imine (C=N–C) groups is 2. The zero-order valence-electron chi connectivity index (χ0n) is 22.3. The van der Waals surface area contributed by atoms with Crippen LogP contribution in [0.5, 0.6) is 0 Å². The summed E-state index contributed by atoms with van der Waals surface area (Å²) in [7, 11) is 0. The molecular weight excluding hydrogens is 594 g/mol. The highest BCUT2D eigenvalue weighted by molar-refractivity contribution is 5.87. The standard InChI is InChI=1S/2C13H10N2.2C2HF3O2/c2*1-2-4-11-7-12(6-5-10(11)3-1)13-8-14-9-15-13;2*3-2(4,5)1(6)7/h2*1-9H,(H,14,15);2*(H,6,7). The van der Waals surface area contributed by atoms with Crippen molar-refractivity contribution in [2.45, 2.75) is 12.4 Å². The molecule has 4 aromatic rings. The Balaban J connectivity index is 0.000000172. The second-order valence-corrected chi connectivity index (χ2v) is 8.79. The van der Waals surface area contributed by atoms with Crippen LogP contribution in [-0.2, 0) is 9.59 Å². The normalized spacial score (nSPS) is 13.5. The van der Waals surface area contributed by atoms with Gasteiger partial charge in [0.25, 0.3) is 0 Å². The van der Waals surface area contributed by atoms with Gasteiger partial charge in [0.1, 0.15) is 11.9 Å². The van der Waals surface area contributed by atoms with Gasteiger partial charge in [-0.05, 0) is 45.8 Å². The average Bonchev–Trinajstić information content (AvgIpc) is 3.72. The minimum atomic E-state index is -5.19. The molecule has 8 nitrogen and oxygen atoms in total. The fraction of sp³-hybridized carbons (Fsp3) is 0.0667. The minimum absolute atomic E-state index is 1.18. The Hall–Kier alpha value is -5.34. The summed E-state index contributed by atoms with van der Waals surface area (Å²) in [6.07, 6.45) is -2.96. The van der Waals surface area contributed by atoms with E-state index >= 15 is 0 Å². The first kappa shape index (κ1) is 33.2. The van der Waals surface area contributed by atoms with Crippen LogP contribution in [0.25, 0.3) is 32.9 Å². The summed E-state index contributed by atoms with van der Waals surface area (Å²) >= 11 is 0. The van der Waals surface area contributed by atoms with Gasteiger partial charge in [0.15, 0.2) is 24.1 Å². The number of benzene rings is 4. The molecule has 0 amide bonds. The monoisotopic (exact) mass is 616 g/mol. The van der Waals surface area contributed by atoms with E-state index in [4.69, 9.17) is 19.8 Å². The van der Waals surface area contributed by atoms with Crippen molar-refractivity contribution in [3.05, 3.63) is 108 Å². The van der Waals surface area contributed by atoms with Crippen LogP contribution in [0.4, 0.5) is 26.3 Å². The molecule has 0 spiro atoms. The Kier molecular flexibility index (Phi) is 11.1. The number of fused-ring (bicyclic) bond motifs is 2. The maximum atomic E-state index is 10.5. The van der Waals surface area contributed by atoms with Crippen molar-refractivity contribution < 1.29 is 56.8 Å². The fourth-order valence-corrected chi connectivity index (χ4v) is 3.66. The molecule has 2 heterocycles. The van der Waals surface area contributed by atoms with Gasteiger partial charge in [-0.3, -0.25) is 10.6 Å². The van der Waals surface area contributed by atoms with E-state index in [-0.39, 0.29) is 0 Å². The van der Waals surface area contributed by atoms with Crippen molar-refractivity contribution in [1.82, 2.24) is 0 Å². The first-order valence-electron chi connectivity index (χ1n) is 12.4. The summed E-state index contributed by atoms with van der Waals surface area (Å²) < 4.78 is 63.1. The van der Waals surface area contributed by atoms with E-state index in [0.717, 1.165) is 0 Å². The van der Waals surface area contributed by atoms with Crippen LogP contribution in [-0.4, -0.2) is 37.0 Å². The molecule has 0 saturated carbocycles. The van der Waals surface area contributed by atoms with Crippen LogP contribution in [0, 0.1) is 0 Å². The van der Waals surface area contributed by atoms with E-state index in [1.54, 1.807) is 0 Å². The van der Waals surface area contributed by atoms with Crippen molar-refractivity contribution in [2.75, 3.05) is 0 Å². The van der Waals surface area contributed by atoms with Gasteiger partial charge in [-0.15, -0.1) is 0 Å². The quantitative estimate of drug-likeness (QED) is 0.333. The number of halogens is 6. The molecule has 2 aliphatic heterocycles. The molecule has 0 saturated heterocycles. The van der Waals surface area contributed by atoms with Gasteiger partial charge in [0, 0.05) is 11.1 Å². The highest BCUT2D eigenvalue weighted by Gasteiger charge is 2.29. The van der Waals surface area contributed by atoms with Crippen molar-refractivity contribution in [3.63, 3.8) is 0 Å². The third kappa shape index (κ3) is 9.89. The molecule has 228 valence electrons. The zero-order chi connectivity index (χ0) is 32.3. The van der Waals surface area contributed by atoms with Gasteiger partial charge in [-0.25, -0.2) is 9.98 Å². The molecule has 44 heavy (non-hydrogen) atoms. The summed E-state index contributed by atoms with van der Waals surface area (Å²) in [5, 5.41) is 26.7. The number of hydrogen-bond acceptors (Lipinski definition) is 6. The average molecular weight is 617 g/mol. The van der Waals surface area contributed by atoms with E-state index in [1.807, 2.05) is 35.7 Å². The molecule has 4 N–H and O–H groups in total. The van der Waals surface area contributed by atoms with Crippen LogP contribution in [0.3, 0.4) is 0 Å². The van der Waals surface area contributed by atoms with E-state index in [0.29, 0.717) is 0 Å². The van der Waals surface area contributed by atoms with Crippen molar-refractivity contribution >= 4 is 57.6 Å². The predicted octanol–water partition coefficient (Wildman–Crippen LogP) is 2.08. The van der Waals surface area contributed by atoms with Crippen LogP contribution in [0.15, 0.2) is 107 Å². The zero-order valence-corrected chi connectivity index (χ0v) is 22.3. The Bertz CT molecular complexity index is 1630. The number of nitrogens with zero attached hydrogens (tertiary/aromatic N) is 2. The third-order valence-electron chi connectivity index (χ3n) is 5.74. The maximum absolute atomic E-state index is 10.5. The van der Waals surface area contributed by atoms with Gasteiger partial charge >= 0.3 is 12.4 Å². The summed E-state index contributed by atoms with van der Waals surface area (Å²) in [5.41, 5.74) is 4.82. The predicted molar refractivity (Wildman–Crippen MR) is 147 cm³/mol. The molecule has 4 aromatic carbocycles. The first-order chi connectivity index (χ1) is 20.8. The molecule has 0 aliphatic carbocycles. The largest absolute Gasteiger partial charge is 0.542 e. The molecule has 0 unspecified atom stereocenters. The van der Waals surface area contributed by atoms with Gasteiger partial charge in [0.05, 0.1) is 12.4 Å². The number of nitrogens with two attached hydrogens (primary N) is 2. The fourth-order valence-electron chi connectivity index (χ4n) is 3.66. The first-order valence-corrected chi connectivity index (χ1v) is 12.4. The smallest absolute Gasteiger partial charge is 0.430 e. The lowest BCUT2D eigenvalue weighted by Gasteiger charge is -2.03. The Morgan fingerprint density at radius 1 is 0.545 bits per heavy atom. The molecule has 14 heteroatoms. The Morgan fingerprint density at radius 2 is 0.864 bits per heavy atom. The number of quaternary nitrogens is 2. The second-order valence-electron chi connectivity index (χ2n) is 8.79. The highest BCUT2D eigenvalue weighted by atomic mass is 19.4. The Morgan fingerprint density at radius 3 is 1.14 bits per heavy atom. The lowest BCUT2D eigenvalue weighted by molar-refractivity contribution is -0.419. The summed E-state index contributed by atoms with van der Waals surface area (Å²) in [6.45, 7) is 0. The second kappa shape index (κ2) is 14.7. The number of carboxylic acids is 2. The number of alkyl halides is 6. The van der Waals surface area contributed by atoms with Crippen molar-refractivity contribution in [1.29, 1.82) is 0 Å². The van der Waals surface area contributed by atoms with Crippen molar-refractivity contribution in [3.8, 4) is 0 Å². The van der Waals surface area contributed by atoms with Gasteiger partial charge in [0.2, 0.25) is 0 Å². The van der Waals surface area contributed by atoms with E-state index in [1.165, 1.54) is 44.1 Å². The minimum Gasteiger partial charge on any atom is -0.542 e. The third-order valence-corrected chi connectivity index (χ3v) is 5.74. The number of carbonyl (C=O) groups excluding carboxylic acids is 2. The molecule has 6 rings (SSSR count). The highest BCUT2D eigenvalue weighted by Crippen LogP contribution is 2.20. The number of carbonyl (C=O) groups is 2. The summed E-state index contributed by atoms with van der Waals surface area (Å²) in [5.74, 6) is -6.01. The number of rotatable bonds is 2. The molecule has 0 radical (unpaired) electrons. The van der Waals surface area contributed by atoms with Crippen LogP contribution < -0.4 is 20.8 Å². The Labute approximate surface area is 245 Å². The number of aliphatic carboxylic acids is 2. The van der Waals surface area contributed by atoms with E-state index < -0.39 is 24.3 Å². The molecule has 0 atom stereocenters. The lowest BCUT2D eigenvalue weighted by atomic mass is 10.1. The number of hydrogen-bond donors (Lipinski definition) is 2. The topological polar surface area (TPSA) is 138 Å². The van der Waals surface area contributed by atoms with E-state index in [9.17, 15) is 26.3 Å². The maximum Gasteiger partial charge on any atom is 0.430 e. The lowest BCUT2D eigenvalue weighted by Crippen LogP contribution is -2.77. The van der Waals surface area contributed by atoms with Crippen LogP contribution in [0.2, 0.25) is 0 Å². The molecule has 2 aliphatic rings. The van der Waals surface area contributed by atoms with Gasteiger partial charge in [-0.1, -0.05) is 60.7 Å². The van der Waals surface area contributed by atoms with Crippen LogP contribution in [0.1, 0.15) is 11.1 Å². The number of carboxylic acid groups (broad SMARTS) is 2. The summed E-state index contributed by atoms with van der Waals surface area (Å²) in [6, 6.07) is 29.8. The molecule has 0 fully saturated rings. The van der Waals surface area contributed by atoms with Gasteiger partial charge < -0.3 is 19.8 Å². The van der Waals surface area contributed by atoms with Crippen molar-refractivity contribution in [2.24, 2.45) is 9.98 Å². The molecule has 0 bridgehead atoms. The summed E-state index contributed by atoms with van der Waals surface area (Å²) in [4.78, 5) is 25.7. The van der Waals surface area contributed by atoms with Gasteiger partial charge in [-0.2, -0.15) is 26.3 Å². The molecule has 0 aromatic heterocycles. The molecular formula is C30H22F6N4O4. The van der Waals surface area contributed by atoms with Crippen LogP contribution >= 0.6 is 0 Å². The SMILES string of the molecule is C1=NC=C(c2ccc3ccccc3c2)[NH2+]1.C1=NC=C(c2ccc3ccccc3c2)[NH2+]1.O=C([O-])C(F)(F)F.O=C([O-])C(F)(F)F.